The van der Waals surface area contributed by atoms with Crippen LogP contribution in [0.15, 0.2) is 16.5 Å². The fourth-order valence-electron chi connectivity index (χ4n) is 3.11. The molecule has 6 heteroatoms. The zero-order chi connectivity index (χ0) is 15.7. The maximum atomic E-state index is 9.46. The molecule has 3 rings (SSSR count). The molecule has 22 heavy (non-hydrogen) atoms. The SMILES string of the molecule is Cc1ccc(C)c(N2CCC(c3nnc(N)o3)CC2)c1C#N. The molecule has 2 heterocycles. The first-order valence-corrected chi connectivity index (χ1v) is 7.44. The molecule has 1 saturated heterocycles. The van der Waals surface area contributed by atoms with Crippen molar-refractivity contribution in [3.8, 4) is 6.07 Å². The van der Waals surface area contributed by atoms with Crippen LogP contribution in [0.4, 0.5) is 11.7 Å². The number of hydrogen-bond acceptors (Lipinski definition) is 6. The second-order valence-corrected chi connectivity index (χ2v) is 5.77. The van der Waals surface area contributed by atoms with E-state index in [2.05, 4.69) is 34.2 Å². The molecule has 0 bridgehead atoms. The zero-order valence-corrected chi connectivity index (χ0v) is 12.8. The van der Waals surface area contributed by atoms with Crippen molar-refractivity contribution >= 4 is 11.7 Å². The number of hydrogen-bond donors (Lipinski definition) is 1. The Morgan fingerprint density at radius 3 is 2.50 bits per heavy atom. The number of nitrogens with zero attached hydrogens (tertiary/aromatic N) is 4. The predicted octanol–water partition coefficient (Wildman–Crippen LogP) is 2.52. The van der Waals surface area contributed by atoms with Gasteiger partial charge in [-0.05, 0) is 37.8 Å². The van der Waals surface area contributed by atoms with Crippen LogP contribution in [0.2, 0.25) is 0 Å². The Hall–Kier alpha value is -2.55. The molecule has 0 spiro atoms. The van der Waals surface area contributed by atoms with Gasteiger partial charge >= 0.3 is 6.01 Å². The number of nitriles is 1. The van der Waals surface area contributed by atoms with Crippen LogP contribution in [0.25, 0.3) is 0 Å². The largest absolute Gasteiger partial charge is 0.408 e. The fourth-order valence-corrected chi connectivity index (χ4v) is 3.11. The predicted molar refractivity (Wildman–Crippen MR) is 83.5 cm³/mol. The molecule has 1 aliphatic heterocycles. The Morgan fingerprint density at radius 1 is 1.23 bits per heavy atom. The molecule has 2 aromatic rings. The van der Waals surface area contributed by atoms with Crippen molar-refractivity contribution in [2.45, 2.75) is 32.6 Å². The topological polar surface area (TPSA) is 92.0 Å². The molecule has 1 fully saturated rings. The van der Waals surface area contributed by atoms with Crippen LogP contribution >= 0.6 is 0 Å². The van der Waals surface area contributed by atoms with Crippen LogP contribution in [-0.4, -0.2) is 23.3 Å². The number of piperidine rings is 1. The van der Waals surface area contributed by atoms with E-state index in [0.29, 0.717) is 5.89 Å². The van der Waals surface area contributed by atoms with E-state index < -0.39 is 0 Å². The summed E-state index contributed by atoms with van der Waals surface area (Å²) in [6, 6.07) is 6.56. The van der Waals surface area contributed by atoms with Crippen LogP contribution < -0.4 is 10.6 Å². The Kier molecular flexibility index (Phi) is 3.72. The van der Waals surface area contributed by atoms with E-state index in [4.69, 9.17) is 10.2 Å². The molecule has 0 atom stereocenters. The van der Waals surface area contributed by atoms with E-state index >= 15 is 0 Å². The Balaban J connectivity index is 1.80. The van der Waals surface area contributed by atoms with Gasteiger partial charge in [0.1, 0.15) is 6.07 Å². The van der Waals surface area contributed by atoms with Gasteiger partial charge in [0.25, 0.3) is 0 Å². The molecule has 0 radical (unpaired) electrons. The van der Waals surface area contributed by atoms with Gasteiger partial charge in [-0.2, -0.15) is 5.26 Å². The van der Waals surface area contributed by atoms with Gasteiger partial charge in [-0.15, -0.1) is 5.10 Å². The number of aryl methyl sites for hydroxylation is 2. The van der Waals surface area contributed by atoms with Gasteiger partial charge in [-0.3, -0.25) is 0 Å². The third kappa shape index (κ3) is 2.50. The summed E-state index contributed by atoms with van der Waals surface area (Å²) in [6.45, 7) is 5.77. The number of rotatable bonds is 2. The molecule has 6 nitrogen and oxygen atoms in total. The number of aromatic nitrogens is 2. The molecular weight excluding hydrogens is 278 g/mol. The minimum atomic E-state index is 0.124. The van der Waals surface area contributed by atoms with Gasteiger partial charge in [-0.1, -0.05) is 17.2 Å². The summed E-state index contributed by atoms with van der Waals surface area (Å²) >= 11 is 0. The third-order valence-electron chi connectivity index (χ3n) is 4.32. The number of nitrogens with two attached hydrogens (primary N) is 1. The smallest absolute Gasteiger partial charge is 0.312 e. The van der Waals surface area contributed by atoms with Crippen molar-refractivity contribution in [1.82, 2.24) is 10.2 Å². The van der Waals surface area contributed by atoms with E-state index in [1.54, 1.807) is 0 Å². The molecule has 2 N–H and O–H groups in total. The summed E-state index contributed by atoms with van der Waals surface area (Å²) in [5.41, 5.74) is 9.49. The van der Waals surface area contributed by atoms with E-state index in [9.17, 15) is 5.26 Å². The van der Waals surface area contributed by atoms with Crippen molar-refractivity contribution in [2.75, 3.05) is 23.7 Å². The zero-order valence-electron chi connectivity index (χ0n) is 12.8. The monoisotopic (exact) mass is 297 g/mol. The van der Waals surface area contributed by atoms with E-state index in [1.165, 1.54) is 0 Å². The van der Waals surface area contributed by atoms with Gasteiger partial charge in [-0.25, -0.2) is 0 Å². The van der Waals surface area contributed by atoms with Crippen molar-refractivity contribution in [3.05, 3.63) is 34.7 Å². The Morgan fingerprint density at radius 2 is 1.91 bits per heavy atom. The molecule has 0 aliphatic carbocycles. The number of nitrogen functional groups attached to an aromatic ring is 1. The molecule has 1 aromatic heterocycles. The lowest BCUT2D eigenvalue weighted by Crippen LogP contribution is -2.34. The highest BCUT2D eigenvalue weighted by atomic mass is 16.4. The van der Waals surface area contributed by atoms with Crippen molar-refractivity contribution < 1.29 is 4.42 Å². The molecule has 1 aromatic carbocycles. The third-order valence-corrected chi connectivity index (χ3v) is 4.32. The van der Waals surface area contributed by atoms with E-state index in [1.807, 2.05) is 13.0 Å². The maximum Gasteiger partial charge on any atom is 0.312 e. The van der Waals surface area contributed by atoms with Crippen LogP contribution in [0.3, 0.4) is 0 Å². The maximum absolute atomic E-state index is 9.46. The minimum absolute atomic E-state index is 0.124. The van der Waals surface area contributed by atoms with E-state index in [0.717, 1.165) is 48.3 Å². The van der Waals surface area contributed by atoms with Crippen molar-refractivity contribution in [1.29, 1.82) is 5.26 Å². The first-order chi connectivity index (χ1) is 10.6. The van der Waals surface area contributed by atoms with Gasteiger partial charge in [0, 0.05) is 19.0 Å². The summed E-state index contributed by atoms with van der Waals surface area (Å²) in [7, 11) is 0. The van der Waals surface area contributed by atoms with Gasteiger partial charge < -0.3 is 15.1 Å². The molecule has 0 amide bonds. The van der Waals surface area contributed by atoms with Crippen LogP contribution in [0, 0.1) is 25.2 Å². The van der Waals surface area contributed by atoms with Crippen LogP contribution in [0.5, 0.6) is 0 Å². The molecule has 0 unspecified atom stereocenters. The van der Waals surface area contributed by atoms with Gasteiger partial charge in [0.05, 0.1) is 11.3 Å². The molecule has 1 aliphatic rings. The number of anilines is 2. The first-order valence-electron chi connectivity index (χ1n) is 7.44. The Labute approximate surface area is 129 Å². The summed E-state index contributed by atoms with van der Waals surface area (Å²) < 4.78 is 5.34. The fraction of sp³-hybridized carbons (Fsp3) is 0.438. The average Bonchev–Trinajstić information content (AvgIpc) is 2.96. The lowest BCUT2D eigenvalue weighted by molar-refractivity contribution is 0.400. The summed E-state index contributed by atoms with van der Waals surface area (Å²) in [4.78, 5) is 2.29. The minimum Gasteiger partial charge on any atom is -0.408 e. The number of benzene rings is 1. The first kappa shape index (κ1) is 14.4. The lowest BCUT2D eigenvalue weighted by atomic mass is 9.94. The highest BCUT2D eigenvalue weighted by Gasteiger charge is 2.27. The second kappa shape index (κ2) is 5.68. The summed E-state index contributed by atoms with van der Waals surface area (Å²) in [6.07, 6.45) is 1.83. The quantitative estimate of drug-likeness (QED) is 0.915. The van der Waals surface area contributed by atoms with Crippen LogP contribution in [-0.2, 0) is 0 Å². The van der Waals surface area contributed by atoms with E-state index in [-0.39, 0.29) is 11.9 Å². The summed E-state index contributed by atoms with van der Waals surface area (Å²) in [5.74, 6) is 0.871. The van der Waals surface area contributed by atoms with Crippen LogP contribution in [0.1, 0.15) is 41.3 Å². The normalized spacial score (nSPS) is 15.8. The average molecular weight is 297 g/mol. The van der Waals surface area contributed by atoms with Gasteiger partial charge in [0.2, 0.25) is 5.89 Å². The van der Waals surface area contributed by atoms with Gasteiger partial charge in [0.15, 0.2) is 0 Å². The summed E-state index contributed by atoms with van der Waals surface area (Å²) in [5, 5.41) is 17.2. The van der Waals surface area contributed by atoms with Crippen molar-refractivity contribution in [3.63, 3.8) is 0 Å². The molecule has 114 valence electrons. The standard InChI is InChI=1S/C16H19N5O/c1-10-3-4-11(2)14(13(10)9-17)21-7-5-12(6-8-21)15-19-20-16(18)22-15/h3-4,12H,5-8H2,1-2H3,(H2,18,20). The Bertz CT molecular complexity index is 723. The molecule has 0 saturated carbocycles. The lowest BCUT2D eigenvalue weighted by Gasteiger charge is -2.34. The highest BCUT2D eigenvalue weighted by Crippen LogP contribution is 2.34. The molecular formula is C16H19N5O. The van der Waals surface area contributed by atoms with Crippen molar-refractivity contribution in [2.24, 2.45) is 0 Å². The highest BCUT2D eigenvalue weighted by molar-refractivity contribution is 5.66. The second-order valence-electron chi connectivity index (χ2n) is 5.77.